The number of aromatic amines is 1. The molecule has 6 nitrogen and oxygen atoms in total. The van der Waals surface area contributed by atoms with E-state index in [0.29, 0.717) is 23.4 Å². The lowest BCUT2D eigenvalue weighted by Gasteiger charge is -2.03. The van der Waals surface area contributed by atoms with E-state index < -0.39 is 12.0 Å². The Morgan fingerprint density at radius 1 is 1.79 bits per heavy atom. The van der Waals surface area contributed by atoms with Gasteiger partial charge in [-0.3, -0.25) is 15.3 Å². The fourth-order valence-electron chi connectivity index (χ4n) is 1.28. The molecule has 0 aromatic carbocycles. The lowest BCUT2D eigenvalue weighted by Crippen LogP contribution is -2.31. The maximum absolute atomic E-state index is 11.3. The van der Waals surface area contributed by atoms with Crippen LogP contribution in [0.15, 0.2) is 0 Å². The Bertz CT molecular complexity index is 332. The number of aliphatic hydroxyl groups is 1. The number of nitrogens with one attached hydrogen (secondary N) is 2. The van der Waals surface area contributed by atoms with E-state index in [1.165, 1.54) is 0 Å². The van der Waals surface area contributed by atoms with E-state index in [2.05, 4.69) is 10.2 Å². The normalized spacial score (nSPS) is 12.6. The average molecular weight is 198 g/mol. The van der Waals surface area contributed by atoms with Crippen LogP contribution in [-0.2, 0) is 6.42 Å². The predicted molar refractivity (Wildman–Crippen MR) is 50.4 cm³/mol. The number of carbonyl (C=O) groups excluding carboxylic acids is 1. The molecule has 0 radical (unpaired) electrons. The van der Waals surface area contributed by atoms with Gasteiger partial charge in [-0.15, -0.1) is 0 Å². The third-order valence-electron chi connectivity index (χ3n) is 1.87. The second-order valence-electron chi connectivity index (χ2n) is 3.20. The van der Waals surface area contributed by atoms with E-state index in [9.17, 15) is 9.90 Å². The van der Waals surface area contributed by atoms with Gasteiger partial charge in [0.05, 0.1) is 17.4 Å². The summed E-state index contributed by atoms with van der Waals surface area (Å²) in [6.07, 6.45) is -0.213. The molecule has 1 heterocycles. The summed E-state index contributed by atoms with van der Waals surface area (Å²) in [5.41, 5.74) is 3.62. The number of nitrogen functional groups attached to an aromatic ring is 1. The van der Waals surface area contributed by atoms with Crippen LogP contribution in [0.2, 0.25) is 0 Å². The Balaban J connectivity index is 3.00. The predicted octanol–water partition coefficient (Wildman–Crippen LogP) is -0.755. The molecule has 0 spiro atoms. The molecular formula is C8H14N4O2. The lowest BCUT2D eigenvalue weighted by atomic mass is 10.1. The highest BCUT2D eigenvalue weighted by molar-refractivity contribution is 5.95. The van der Waals surface area contributed by atoms with Crippen LogP contribution in [0, 0.1) is 6.92 Å². The maximum Gasteiger partial charge on any atom is 0.268 e. The second-order valence-corrected chi connectivity index (χ2v) is 3.20. The molecule has 1 atom stereocenters. The molecule has 0 aliphatic carbocycles. The molecule has 5 N–H and O–H groups in total. The third kappa shape index (κ3) is 2.09. The zero-order valence-corrected chi connectivity index (χ0v) is 8.16. The first-order valence-electron chi connectivity index (χ1n) is 4.29. The Hall–Kier alpha value is -1.40. The van der Waals surface area contributed by atoms with E-state index in [1.54, 1.807) is 13.8 Å². The first kappa shape index (κ1) is 10.7. The van der Waals surface area contributed by atoms with Gasteiger partial charge < -0.3 is 5.11 Å². The summed E-state index contributed by atoms with van der Waals surface area (Å²) in [5, 5.41) is 15.8. The van der Waals surface area contributed by atoms with Gasteiger partial charge in [-0.1, -0.05) is 0 Å². The van der Waals surface area contributed by atoms with Crippen molar-refractivity contribution in [3.63, 3.8) is 0 Å². The number of hydrogen-bond acceptors (Lipinski definition) is 4. The second kappa shape index (κ2) is 4.21. The number of aryl methyl sites for hydroxylation is 1. The molecule has 78 valence electrons. The van der Waals surface area contributed by atoms with Crippen LogP contribution in [0.25, 0.3) is 0 Å². The summed E-state index contributed by atoms with van der Waals surface area (Å²) in [6, 6.07) is 0. The minimum atomic E-state index is -0.540. The first-order valence-corrected chi connectivity index (χ1v) is 4.29. The van der Waals surface area contributed by atoms with Gasteiger partial charge in [0.1, 0.15) is 0 Å². The topological polar surface area (TPSA) is 104 Å². The minimum Gasteiger partial charge on any atom is -0.393 e. The van der Waals surface area contributed by atoms with E-state index in [1.807, 2.05) is 5.43 Å². The quantitative estimate of drug-likeness (QED) is 0.291. The van der Waals surface area contributed by atoms with Crippen LogP contribution in [-0.4, -0.2) is 27.3 Å². The van der Waals surface area contributed by atoms with Crippen LogP contribution >= 0.6 is 0 Å². The monoisotopic (exact) mass is 198 g/mol. The minimum absolute atomic E-state index is 0.326. The summed E-state index contributed by atoms with van der Waals surface area (Å²) in [5.74, 6) is 4.63. The number of hydrazine groups is 1. The number of nitrogens with zero attached hydrogens (tertiary/aromatic N) is 1. The first-order chi connectivity index (χ1) is 6.56. The van der Waals surface area contributed by atoms with Crippen molar-refractivity contribution in [2.24, 2.45) is 5.84 Å². The smallest absolute Gasteiger partial charge is 0.268 e. The van der Waals surface area contributed by atoms with Gasteiger partial charge in [0.15, 0.2) is 0 Å². The van der Waals surface area contributed by atoms with Gasteiger partial charge in [-0.05, 0) is 13.8 Å². The molecule has 0 saturated carbocycles. The van der Waals surface area contributed by atoms with Gasteiger partial charge in [0.2, 0.25) is 0 Å². The Labute approximate surface area is 81.5 Å². The molecular weight excluding hydrogens is 184 g/mol. The van der Waals surface area contributed by atoms with Crippen molar-refractivity contribution in [3.05, 3.63) is 17.0 Å². The zero-order chi connectivity index (χ0) is 10.7. The number of amides is 1. The number of nitrogens with two attached hydrogens (primary N) is 1. The van der Waals surface area contributed by atoms with E-state index in [0.717, 1.165) is 0 Å². The van der Waals surface area contributed by atoms with E-state index >= 15 is 0 Å². The van der Waals surface area contributed by atoms with Crippen LogP contribution in [0.1, 0.15) is 28.7 Å². The summed E-state index contributed by atoms with van der Waals surface area (Å²) in [6.45, 7) is 3.36. The van der Waals surface area contributed by atoms with Gasteiger partial charge in [0.25, 0.3) is 5.91 Å². The third-order valence-corrected chi connectivity index (χ3v) is 1.87. The van der Waals surface area contributed by atoms with Crippen molar-refractivity contribution in [2.45, 2.75) is 26.4 Å². The summed E-state index contributed by atoms with van der Waals surface area (Å²) < 4.78 is 0. The molecule has 1 rings (SSSR count). The molecule has 1 amide bonds. The van der Waals surface area contributed by atoms with Gasteiger partial charge in [-0.25, -0.2) is 5.84 Å². The molecule has 6 heteroatoms. The van der Waals surface area contributed by atoms with E-state index in [4.69, 9.17) is 5.84 Å². The SMILES string of the molecule is Cc1[nH]nc(CC(C)O)c1C(=O)NN. The van der Waals surface area contributed by atoms with E-state index in [-0.39, 0.29) is 0 Å². The summed E-state index contributed by atoms with van der Waals surface area (Å²) in [7, 11) is 0. The highest BCUT2D eigenvalue weighted by Crippen LogP contribution is 2.11. The van der Waals surface area contributed by atoms with Gasteiger partial charge >= 0.3 is 0 Å². The molecule has 14 heavy (non-hydrogen) atoms. The molecule has 1 aromatic heterocycles. The number of aliphatic hydroxyl groups excluding tert-OH is 1. The molecule has 0 aliphatic rings. The molecule has 0 aliphatic heterocycles. The van der Waals surface area contributed by atoms with Crippen LogP contribution in [0.5, 0.6) is 0 Å². The molecule has 1 aromatic rings. The summed E-state index contributed by atoms with van der Waals surface area (Å²) in [4.78, 5) is 11.3. The Morgan fingerprint density at radius 2 is 2.43 bits per heavy atom. The summed E-state index contributed by atoms with van der Waals surface area (Å²) >= 11 is 0. The maximum atomic E-state index is 11.3. The average Bonchev–Trinajstić information content (AvgIpc) is 2.45. The zero-order valence-electron chi connectivity index (χ0n) is 8.16. The number of H-pyrrole nitrogens is 1. The standard InChI is InChI=1S/C8H14N4O2/c1-4(13)3-6-7(8(14)10-9)5(2)11-12-6/h4,13H,3,9H2,1-2H3,(H,10,14)(H,11,12). The number of aromatic nitrogens is 2. The molecule has 1 unspecified atom stereocenters. The number of carbonyl (C=O) groups is 1. The van der Waals surface area contributed by atoms with Crippen molar-refractivity contribution in [2.75, 3.05) is 0 Å². The highest BCUT2D eigenvalue weighted by Gasteiger charge is 2.17. The largest absolute Gasteiger partial charge is 0.393 e. The van der Waals surface area contributed by atoms with Crippen molar-refractivity contribution >= 4 is 5.91 Å². The van der Waals surface area contributed by atoms with Gasteiger partial charge in [-0.2, -0.15) is 5.10 Å². The fourth-order valence-corrected chi connectivity index (χ4v) is 1.28. The van der Waals surface area contributed by atoms with Crippen molar-refractivity contribution in [1.82, 2.24) is 15.6 Å². The Kier molecular flexibility index (Phi) is 3.21. The van der Waals surface area contributed by atoms with Gasteiger partial charge in [0, 0.05) is 12.1 Å². The molecule has 0 fully saturated rings. The molecule has 0 bridgehead atoms. The van der Waals surface area contributed by atoms with Crippen LogP contribution < -0.4 is 11.3 Å². The van der Waals surface area contributed by atoms with Crippen LogP contribution in [0.3, 0.4) is 0 Å². The molecule has 0 saturated heterocycles. The van der Waals surface area contributed by atoms with Crippen molar-refractivity contribution in [3.8, 4) is 0 Å². The fraction of sp³-hybridized carbons (Fsp3) is 0.500. The highest BCUT2D eigenvalue weighted by atomic mass is 16.3. The lowest BCUT2D eigenvalue weighted by molar-refractivity contribution is 0.0951. The van der Waals surface area contributed by atoms with Crippen molar-refractivity contribution < 1.29 is 9.90 Å². The Morgan fingerprint density at radius 3 is 2.93 bits per heavy atom. The number of hydrogen-bond donors (Lipinski definition) is 4. The number of rotatable bonds is 3. The van der Waals surface area contributed by atoms with Crippen molar-refractivity contribution in [1.29, 1.82) is 0 Å². The van der Waals surface area contributed by atoms with Crippen LogP contribution in [0.4, 0.5) is 0 Å².